The average Bonchev–Trinajstić information content (AvgIpc) is 2.73. The van der Waals surface area contributed by atoms with Crippen molar-refractivity contribution in [1.82, 2.24) is 9.80 Å². The van der Waals surface area contributed by atoms with Crippen molar-refractivity contribution >= 4 is 29.1 Å². The van der Waals surface area contributed by atoms with Crippen molar-refractivity contribution in [3.63, 3.8) is 0 Å². The average molecular weight is 394 g/mol. The molecule has 7 nitrogen and oxygen atoms in total. The lowest BCUT2D eigenvalue weighted by Gasteiger charge is -2.34. The molecule has 1 aliphatic rings. The second-order valence-corrected chi connectivity index (χ2v) is 7.02. The number of hydrogen-bond donors (Lipinski definition) is 2. The van der Waals surface area contributed by atoms with Gasteiger partial charge in [-0.05, 0) is 42.9 Å². The van der Waals surface area contributed by atoms with Crippen LogP contribution in [0.15, 0.2) is 48.5 Å². The number of hydrogen-bond acceptors (Lipinski definition) is 4. The molecule has 0 unspecified atom stereocenters. The van der Waals surface area contributed by atoms with Crippen LogP contribution >= 0.6 is 0 Å². The minimum Gasteiger partial charge on any atom is -0.336 e. The van der Waals surface area contributed by atoms with Crippen LogP contribution < -0.4 is 10.6 Å². The van der Waals surface area contributed by atoms with E-state index in [0.717, 1.165) is 19.6 Å². The van der Waals surface area contributed by atoms with Crippen molar-refractivity contribution in [2.45, 2.75) is 13.8 Å². The van der Waals surface area contributed by atoms with E-state index in [1.807, 2.05) is 4.90 Å². The summed E-state index contributed by atoms with van der Waals surface area (Å²) in [5.74, 6) is -0.544. The van der Waals surface area contributed by atoms with Crippen molar-refractivity contribution < 1.29 is 14.4 Å². The summed E-state index contributed by atoms with van der Waals surface area (Å²) in [5, 5.41) is 5.49. The normalized spacial score (nSPS) is 14.3. The predicted octanol–water partition coefficient (Wildman–Crippen LogP) is 2.68. The number of amides is 3. The molecule has 1 fully saturated rings. The molecule has 1 saturated heterocycles. The number of carbonyl (C=O) groups excluding carboxylic acids is 3. The van der Waals surface area contributed by atoms with Gasteiger partial charge in [-0.25, -0.2) is 0 Å². The maximum atomic E-state index is 12.8. The number of carbonyl (C=O) groups is 3. The van der Waals surface area contributed by atoms with Crippen LogP contribution in [0.2, 0.25) is 0 Å². The summed E-state index contributed by atoms with van der Waals surface area (Å²) in [6, 6.07) is 13.7. The lowest BCUT2D eigenvalue weighted by molar-refractivity contribution is -0.114. The molecule has 29 heavy (non-hydrogen) atoms. The minimum absolute atomic E-state index is 0.0527. The molecule has 2 aromatic carbocycles. The molecule has 1 aliphatic heterocycles. The van der Waals surface area contributed by atoms with Crippen LogP contribution in [-0.2, 0) is 4.79 Å². The van der Waals surface area contributed by atoms with Crippen molar-refractivity contribution in [3.05, 3.63) is 59.7 Å². The zero-order valence-electron chi connectivity index (χ0n) is 16.8. The third-order valence-corrected chi connectivity index (χ3v) is 4.92. The first kappa shape index (κ1) is 20.5. The minimum atomic E-state index is -0.310. The van der Waals surface area contributed by atoms with Crippen LogP contribution in [0.5, 0.6) is 0 Å². The third-order valence-electron chi connectivity index (χ3n) is 4.92. The Morgan fingerprint density at radius 3 is 2.14 bits per heavy atom. The number of nitrogens with zero attached hydrogens (tertiary/aromatic N) is 2. The molecular weight excluding hydrogens is 368 g/mol. The van der Waals surface area contributed by atoms with Crippen molar-refractivity contribution in [3.8, 4) is 0 Å². The Bertz CT molecular complexity index is 904. The second-order valence-electron chi connectivity index (χ2n) is 7.02. The van der Waals surface area contributed by atoms with Gasteiger partial charge in [-0.1, -0.05) is 19.1 Å². The Morgan fingerprint density at radius 1 is 0.862 bits per heavy atom. The van der Waals surface area contributed by atoms with Crippen LogP contribution in [0.3, 0.4) is 0 Å². The van der Waals surface area contributed by atoms with E-state index in [1.165, 1.54) is 6.92 Å². The highest BCUT2D eigenvalue weighted by Crippen LogP contribution is 2.17. The van der Waals surface area contributed by atoms with Gasteiger partial charge in [0.2, 0.25) is 5.91 Å². The molecule has 7 heteroatoms. The van der Waals surface area contributed by atoms with Gasteiger partial charge < -0.3 is 20.4 Å². The van der Waals surface area contributed by atoms with Gasteiger partial charge in [0.15, 0.2) is 0 Å². The summed E-state index contributed by atoms with van der Waals surface area (Å²) < 4.78 is 0. The van der Waals surface area contributed by atoms with Crippen LogP contribution in [0.1, 0.15) is 34.6 Å². The molecule has 0 radical (unpaired) electrons. The highest BCUT2D eigenvalue weighted by Gasteiger charge is 2.22. The topological polar surface area (TPSA) is 81.8 Å². The van der Waals surface area contributed by atoms with Gasteiger partial charge in [-0.2, -0.15) is 0 Å². The van der Waals surface area contributed by atoms with E-state index in [-0.39, 0.29) is 17.7 Å². The maximum Gasteiger partial charge on any atom is 0.255 e. The summed E-state index contributed by atoms with van der Waals surface area (Å²) in [5.41, 5.74) is 2.08. The van der Waals surface area contributed by atoms with Gasteiger partial charge in [0.1, 0.15) is 0 Å². The summed E-state index contributed by atoms with van der Waals surface area (Å²) in [4.78, 5) is 40.8. The molecule has 0 spiro atoms. The lowest BCUT2D eigenvalue weighted by atomic mass is 10.1. The van der Waals surface area contributed by atoms with E-state index < -0.39 is 0 Å². The highest BCUT2D eigenvalue weighted by molar-refractivity contribution is 6.06. The number of anilines is 2. The number of nitrogens with one attached hydrogen (secondary N) is 2. The highest BCUT2D eigenvalue weighted by atomic mass is 16.2. The first-order valence-electron chi connectivity index (χ1n) is 9.77. The van der Waals surface area contributed by atoms with E-state index in [1.54, 1.807) is 48.5 Å². The quantitative estimate of drug-likeness (QED) is 0.817. The molecule has 0 saturated carbocycles. The molecule has 3 rings (SSSR count). The summed E-state index contributed by atoms with van der Waals surface area (Å²) in [6.45, 7) is 7.65. The SMILES string of the molecule is CCN1CCN(C(=O)c2cccc(C(=O)Nc3cccc(NC(C)=O)c3)c2)CC1. The zero-order chi connectivity index (χ0) is 20.8. The molecule has 0 aliphatic carbocycles. The van der Waals surface area contributed by atoms with Gasteiger partial charge in [-0.3, -0.25) is 14.4 Å². The first-order valence-corrected chi connectivity index (χ1v) is 9.77. The molecule has 2 aromatic rings. The predicted molar refractivity (Wildman–Crippen MR) is 113 cm³/mol. The lowest BCUT2D eigenvalue weighted by Crippen LogP contribution is -2.48. The fraction of sp³-hybridized carbons (Fsp3) is 0.318. The Balaban J connectivity index is 1.68. The molecule has 0 atom stereocenters. The number of likely N-dealkylation sites (N-methyl/N-ethyl adjacent to an activating group) is 1. The number of benzene rings is 2. The van der Waals surface area contributed by atoms with Crippen molar-refractivity contribution in [1.29, 1.82) is 0 Å². The molecule has 1 heterocycles. The smallest absolute Gasteiger partial charge is 0.255 e. The van der Waals surface area contributed by atoms with Gasteiger partial charge in [-0.15, -0.1) is 0 Å². The fourth-order valence-electron chi connectivity index (χ4n) is 3.32. The van der Waals surface area contributed by atoms with E-state index >= 15 is 0 Å². The first-order chi connectivity index (χ1) is 14.0. The van der Waals surface area contributed by atoms with Gasteiger partial charge in [0, 0.05) is 55.6 Å². The van der Waals surface area contributed by atoms with Crippen molar-refractivity contribution in [2.24, 2.45) is 0 Å². The van der Waals surface area contributed by atoms with Crippen LogP contribution in [0.25, 0.3) is 0 Å². The van der Waals surface area contributed by atoms with E-state index in [4.69, 9.17) is 0 Å². The number of piperazine rings is 1. The molecule has 3 amide bonds. The molecule has 0 bridgehead atoms. The molecule has 152 valence electrons. The monoisotopic (exact) mass is 394 g/mol. The fourth-order valence-corrected chi connectivity index (χ4v) is 3.32. The van der Waals surface area contributed by atoms with Gasteiger partial charge in [0.05, 0.1) is 0 Å². The van der Waals surface area contributed by atoms with Crippen LogP contribution in [0.4, 0.5) is 11.4 Å². The van der Waals surface area contributed by atoms with Crippen LogP contribution in [-0.4, -0.2) is 60.2 Å². The molecule has 0 aromatic heterocycles. The third kappa shape index (κ3) is 5.42. The Morgan fingerprint density at radius 2 is 1.48 bits per heavy atom. The summed E-state index contributed by atoms with van der Waals surface area (Å²) in [6.07, 6.45) is 0. The van der Waals surface area contributed by atoms with E-state index in [9.17, 15) is 14.4 Å². The van der Waals surface area contributed by atoms with E-state index in [2.05, 4.69) is 22.5 Å². The van der Waals surface area contributed by atoms with E-state index in [0.29, 0.717) is 35.6 Å². The summed E-state index contributed by atoms with van der Waals surface area (Å²) >= 11 is 0. The number of rotatable bonds is 5. The van der Waals surface area contributed by atoms with Crippen LogP contribution in [0, 0.1) is 0 Å². The van der Waals surface area contributed by atoms with Gasteiger partial charge in [0.25, 0.3) is 11.8 Å². The Labute approximate surface area is 170 Å². The molecular formula is C22H26N4O3. The molecule has 2 N–H and O–H groups in total. The Hall–Kier alpha value is -3.19. The zero-order valence-corrected chi connectivity index (χ0v) is 16.8. The summed E-state index contributed by atoms with van der Waals surface area (Å²) in [7, 11) is 0. The second kappa shape index (κ2) is 9.34. The van der Waals surface area contributed by atoms with Crippen molar-refractivity contribution in [2.75, 3.05) is 43.4 Å². The standard InChI is InChI=1S/C22H26N4O3/c1-3-25-10-12-26(13-11-25)22(29)18-7-4-6-17(14-18)21(28)24-20-9-5-8-19(15-20)23-16(2)27/h4-9,14-15H,3,10-13H2,1-2H3,(H,23,27)(H,24,28). The maximum absolute atomic E-state index is 12.8. The van der Waals surface area contributed by atoms with Gasteiger partial charge >= 0.3 is 0 Å². The largest absolute Gasteiger partial charge is 0.336 e. The Kier molecular flexibility index (Phi) is 6.61.